The van der Waals surface area contributed by atoms with E-state index in [-0.39, 0.29) is 10.7 Å². The lowest BCUT2D eigenvalue weighted by Crippen LogP contribution is -2.07. The molecule has 4 rings (SSSR count). The number of benzene rings is 1. The highest BCUT2D eigenvalue weighted by molar-refractivity contribution is 7.98. The first-order valence-corrected chi connectivity index (χ1v) is 10.4. The van der Waals surface area contributed by atoms with Crippen LogP contribution in [0.15, 0.2) is 47.1 Å². The van der Waals surface area contributed by atoms with Gasteiger partial charge in [0.15, 0.2) is 10.8 Å². The van der Waals surface area contributed by atoms with Crippen molar-refractivity contribution in [2.45, 2.75) is 17.1 Å². The number of nitrogens with zero attached hydrogens (tertiary/aromatic N) is 4. The maximum absolute atomic E-state index is 13.1. The number of hydrogen-bond acceptors (Lipinski definition) is 6. The minimum atomic E-state index is -4.51. The number of rotatable bonds is 5. The second kappa shape index (κ2) is 7.85. The van der Waals surface area contributed by atoms with Crippen molar-refractivity contribution in [1.82, 2.24) is 19.6 Å². The number of aromatic nitrogens is 4. The zero-order valence-corrected chi connectivity index (χ0v) is 17.2. The van der Waals surface area contributed by atoms with Gasteiger partial charge in [-0.3, -0.25) is 4.40 Å². The summed E-state index contributed by atoms with van der Waals surface area (Å²) >= 11 is 8.66. The molecule has 1 aromatic carbocycles. The Kier molecular flexibility index (Phi) is 5.41. The average molecular weight is 457 g/mol. The fraction of sp³-hybridized carbons (Fsp3) is 0.167. The molecule has 4 aromatic rings. The van der Waals surface area contributed by atoms with Crippen LogP contribution in [0.25, 0.3) is 16.2 Å². The molecule has 5 nitrogen and oxygen atoms in total. The smallest absolute Gasteiger partial charge is 0.417 e. The number of alkyl halides is 3. The molecule has 0 atom stereocenters. The molecule has 3 heterocycles. The molecule has 150 valence electrons. The minimum Gasteiger partial charge on any atom is -0.497 e. The Morgan fingerprint density at radius 3 is 2.83 bits per heavy atom. The first-order valence-electron chi connectivity index (χ1n) is 8.18. The number of halogens is 4. The van der Waals surface area contributed by atoms with Crippen molar-refractivity contribution < 1.29 is 17.9 Å². The van der Waals surface area contributed by atoms with Crippen molar-refractivity contribution in [1.29, 1.82) is 0 Å². The summed E-state index contributed by atoms with van der Waals surface area (Å²) in [4.78, 5) is 4.59. The van der Waals surface area contributed by atoms with Gasteiger partial charge in [0.1, 0.15) is 10.8 Å². The lowest BCUT2D eigenvalue weighted by molar-refractivity contribution is -0.137. The van der Waals surface area contributed by atoms with Crippen LogP contribution in [0.5, 0.6) is 5.75 Å². The Morgan fingerprint density at radius 2 is 2.07 bits per heavy atom. The third-order valence-electron chi connectivity index (χ3n) is 3.97. The normalized spacial score (nSPS) is 11.9. The molecule has 0 saturated carbocycles. The molecule has 0 spiro atoms. The van der Waals surface area contributed by atoms with E-state index in [1.54, 1.807) is 7.11 Å². The Labute approximate surface area is 176 Å². The van der Waals surface area contributed by atoms with E-state index >= 15 is 0 Å². The molecular weight excluding hydrogens is 445 g/mol. The number of thiazole rings is 1. The molecule has 0 unspecified atom stereocenters. The second-order valence-electron chi connectivity index (χ2n) is 5.92. The molecule has 0 aliphatic carbocycles. The number of hydrogen-bond donors (Lipinski definition) is 0. The van der Waals surface area contributed by atoms with Crippen LogP contribution in [0.4, 0.5) is 13.2 Å². The van der Waals surface area contributed by atoms with Gasteiger partial charge >= 0.3 is 6.18 Å². The number of pyridine rings is 1. The zero-order valence-electron chi connectivity index (χ0n) is 14.8. The molecule has 0 radical (unpaired) electrons. The van der Waals surface area contributed by atoms with Gasteiger partial charge in [-0.15, -0.1) is 21.5 Å². The molecule has 0 N–H and O–H groups in total. The van der Waals surface area contributed by atoms with Crippen LogP contribution in [0.3, 0.4) is 0 Å². The van der Waals surface area contributed by atoms with Crippen molar-refractivity contribution in [3.63, 3.8) is 0 Å². The summed E-state index contributed by atoms with van der Waals surface area (Å²) < 4.78 is 45.7. The fourth-order valence-electron chi connectivity index (χ4n) is 2.59. The van der Waals surface area contributed by atoms with Gasteiger partial charge in [0.2, 0.25) is 0 Å². The topological polar surface area (TPSA) is 52.3 Å². The van der Waals surface area contributed by atoms with E-state index in [0.29, 0.717) is 10.9 Å². The zero-order chi connectivity index (χ0) is 20.6. The highest BCUT2D eigenvalue weighted by atomic mass is 35.5. The van der Waals surface area contributed by atoms with Gasteiger partial charge in [0, 0.05) is 22.9 Å². The van der Waals surface area contributed by atoms with Crippen LogP contribution in [-0.2, 0) is 11.9 Å². The van der Waals surface area contributed by atoms with Gasteiger partial charge in [0.05, 0.1) is 23.4 Å². The SMILES string of the molecule is COc1cccc(-c2nc(CSc3nnc4c(Cl)cc(C(F)(F)F)cn34)cs2)c1. The molecule has 3 aromatic heterocycles. The molecule has 0 aliphatic rings. The van der Waals surface area contributed by atoms with E-state index in [9.17, 15) is 13.2 Å². The Morgan fingerprint density at radius 1 is 1.24 bits per heavy atom. The van der Waals surface area contributed by atoms with Gasteiger partial charge in [-0.05, 0) is 18.2 Å². The van der Waals surface area contributed by atoms with Gasteiger partial charge in [-0.25, -0.2) is 4.98 Å². The van der Waals surface area contributed by atoms with Crippen molar-refractivity contribution in [3.05, 3.63) is 58.2 Å². The number of methoxy groups -OCH3 is 1. The van der Waals surface area contributed by atoms with E-state index in [0.717, 1.165) is 34.3 Å². The van der Waals surface area contributed by atoms with Crippen LogP contribution >= 0.6 is 34.7 Å². The maximum atomic E-state index is 13.1. The summed E-state index contributed by atoms with van der Waals surface area (Å²) in [6.45, 7) is 0. The fourth-order valence-corrected chi connectivity index (χ4v) is 4.56. The molecule has 0 fully saturated rings. The van der Waals surface area contributed by atoms with Gasteiger partial charge in [0.25, 0.3) is 0 Å². The van der Waals surface area contributed by atoms with Crippen LogP contribution in [0, 0.1) is 0 Å². The Balaban J connectivity index is 1.56. The monoisotopic (exact) mass is 456 g/mol. The lowest BCUT2D eigenvalue weighted by atomic mass is 10.2. The van der Waals surface area contributed by atoms with Gasteiger partial charge < -0.3 is 4.74 Å². The van der Waals surface area contributed by atoms with E-state index in [1.165, 1.54) is 27.5 Å². The van der Waals surface area contributed by atoms with Crippen molar-refractivity contribution >= 4 is 40.3 Å². The quantitative estimate of drug-likeness (QED) is 0.354. The van der Waals surface area contributed by atoms with Gasteiger partial charge in [-0.1, -0.05) is 35.5 Å². The lowest BCUT2D eigenvalue weighted by Gasteiger charge is -2.08. The maximum Gasteiger partial charge on any atom is 0.417 e. The third kappa shape index (κ3) is 4.19. The molecule has 29 heavy (non-hydrogen) atoms. The summed E-state index contributed by atoms with van der Waals surface area (Å²) in [6, 6.07) is 8.41. The summed E-state index contributed by atoms with van der Waals surface area (Å²) in [5, 5.41) is 10.8. The third-order valence-corrected chi connectivity index (χ3v) is 6.17. The molecule has 11 heteroatoms. The second-order valence-corrected chi connectivity index (χ2v) is 8.12. The van der Waals surface area contributed by atoms with E-state index in [4.69, 9.17) is 16.3 Å². The van der Waals surface area contributed by atoms with E-state index in [1.807, 2.05) is 29.6 Å². The summed E-state index contributed by atoms with van der Waals surface area (Å²) in [7, 11) is 1.60. The first-order chi connectivity index (χ1) is 13.8. The van der Waals surface area contributed by atoms with Crippen molar-refractivity contribution in [3.8, 4) is 16.3 Å². The predicted octanol–water partition coefficient (Wildman–Crippen LogP) is 5.83. The molecular formula is C18H12ClF3N4OS2. The number of fused-ring (bicyclic) bond motifs is 1. The summed E-state index contributed by atoms with van der Waals surface area (Å²) in [5.74, 6) is 1.16. The van der Waals surface area contributed by atoms with E-state index in [2.05, 4.69) is 15.2 Å². The van der Waals surface area contributed by atoms with Crippen LogP contribution in [0.2, 0.25) is 5.02 Å². The molecule has 0 saturated heterocycles. The summed E-state index contributed by atoms with van der Waals surface area (Å²) in [6.07, 6.45) is -3.56. The predicted molar refractivity (Wildman–Crippen MR) is 107 cm³/mol. The Bertz CT molecular complexity index is 1180. The summed E-state index contributed by atoms with van der Waals surface area (Å²) in [5.41, 5.74) is 1.04. The highest BCUT2D eigenvalue weighted by Crippen LogP contribution is 2.34. The number of ether oxygens (including phenoxy) is 1. The molecule has 0 bridgehead atoms. The van der Waals surface area contributed by atoms with Crippen molar-refractivity contribution in [2.75, 3.05) is 7.11 Å². The largest absolute Gasteiger partial charge is 0.497 e. The van der Waals surface area contributed by atoms with Crippen LogP contribution < -0.4 is 4.74 Å². The first kappa shape index (κ1) is 20.0. The van der Waals surface area contributed by atoms with Crippen LogP contribution in [0.1, 0.15) is 11.3 Å². The minimum absolute atomic E-state index is 0.104. The standard InChI is InChI=1S/C18H12ClF3N4OS2/c1-27-13-4-2-3-10(5-13)16-23-12(8-28-16)9-29-17-25-24-15-14(19)6-11(7-26(15)17)18(20,21)22/h2-8H,9H2,1H3. The molecule has 0 aliphatic heterocycles. The highest BCUT2D eigenvalue weighted by Gasteiger charge is 2.32. The van der Waals surface area contributed by atoms with Crippen LogP contribution in [-0.4, -0.2) is 26.7 Å². The Hall–Kier alpha value is -2.30. The van der Waals surface area contributed by atoms with Crippen molar-refractivity contribution in [2.24, 2.45) is 0 Å². The van der Waals surface area contributed by atoms with E-state index < -0.39 is 11.7 Å². The van der Waals surface area contributed by atoms with Gasteiger partial charge in [-0.2, -0.15) is 13.2 Å². The molecule has 0 amide bonds. The number of thioether (sulfide) groups is 1. The average Bonchev–Trinajstić information content (AvgIpc) is 3.33.